The molecule has 0 heterocycles. The van der Waals surface area contributed by atoms with Crippen molar-refractivity contribution < 1.29 is 29.0 Å². The molecule has 2 aromatic rings. The molecule has 4 amide bonds. The van der Waals surface area contributed by atoms with E-state index in [1.807, 2.05) is 30.3 Å². The van der Waals surface area contributed by atoms with Crippen molar-refractivity contribution in [2.24, 2.45) is 5.73 Å². The van der Waals surface area contributed by atoms with Gasteiger partial charge in [-0.05, 0) is 32.4 Å². The fourth-order valence-electron chi connectivity index (χ4n) is 3.35. The molecule has 10 nitrogen and oxygen atoms in total. The van der Waals surface area contributed by atoms with Crippen LogP contribution in [0.5, 0.6) is 5.75 Å². The lowest BCUT2D eigenvalue weighted by atomic mass is 10.0. The number of nitrogens with zero attached hydrogens (tertiary/aromatic N) is 1. The van der Waals surface area contributed by atoms with Crippen molar-refractivity contribution in [2.75, 3.05) is 7.05 Å². The molecule has 10 heteroatoms. The lowest BCUT2D eigenvalue weighted by Gasteiger charge is -2.31. The summed E-state index contributed by atoms with van der Waals surface area (Å²) in [5.74, 6) is -2.36. The lowest BCUT2D eigenvalue weighted by Crippen LogP contribution is -2.52. The molecule has 0 radical (unpaired) electrons. The van der Waals surface area contributed by atoms with Gasteiger partial charge < -0.3 is 31.1 Å². The smallest absolute Gasteiger partial charge is 0.408 e. The second-order valence-electron chi connectivity index (χ2n) is 8.98. The van der Waals surface area contributed by atoms with Gasteiger partial charge in [-0.2, -0.15) is 0 Å². The van der Waals surface area contributed by atoms with E-state index in [4.69, 9.17) is 10.5 Å². The molecule has 0 spiro atoms. The molecule has 0 saturated heterocycles. The van der Waals surface area contributed by atoms with Crippen LogP contribution in [-0.4, -0.2) is 52.5 Å². The summed E-state index contributed by atoms with van der Waals surface area (Å²) in [6, 6.07) is 12.6. The average molecular weight is 485 g/mol. The maximum atomic E-state index is 13.4. The van der Waals surface area contributed by atoms with E-state index >= 15 is 0 Å². The number of primary amides is 1. The van der Waals surface area contributed by atoms with Crippen LogP contribution < -0.4 is 16.4 Å². The normalized spacial score (nSPS) is 12.7. The summed E-state index contributed by atoms with van der Waals surface area (Å²) in [5, 5.41) is 15.5. The van der Waals surface area contributed by atoms with Crippen LogP contribution in [0.4, 0.5) is 4.79 Å². The van der Waals surface area contributed by atoms with Gasteiger partial charge >= 0.3 is 6.09 Å². The number of phenols is 1. The van der Waals surface area contributed by atoms with Crippen LogP contribution in [0, 0.1) is 0 Å². The first-order valence-corrected chi connectivity index (χ1v) is 11.0. The van der Waals surface area contributed by atoms with Gasteiger partial charge in [-0.1, -0.05) is 48.5 Å². The third kappa shape index (κ3) is 8.33. The number of hydrogen-bond acceptors (Lipinski definition) is 6. The minimum absolute atomic E-state index is 0.170. The Morgan fingerprint density at radius 2 is 1.63 bits per heavy atom. The first-order valence-electron chi connectivity index (χ1n) is 11.0. The SMILES string of the molecule is CN(C(=O)C(CC(N)=O)NC(=O)OC(C)(C)C)C(C(=O)NCc1ccccc1)c1ccccc1O. The Bertz CT molecular complexity index is 1050. The number of hydrogen-bond donors (Lipinski definition) is 4. The number of carbonyl (C=O) groups excluding carboxylic acids is 4. The fraction of sp³-hybridized carbons (Fsp3) is 0.360. The van der Waals surface area contributed by atoms with E-state index in [-0.39, 0.29) is 17.9 Å². The molecule has 0 bridgehead atoms. The van der Waals surface area contributed by atoms with E-state index in [0.717, 1.165) is 10.5 Å². The van der Waals surface area contributed by atoms with E-state index in [9.17, 15) is 24.3 Å². The van der Waals surface area contributed by atoms with E-state index in [2.05, 4.69) is 10.6 Å². The minimum atomic E-state index is -1.39. The molecule has 0 aromatic heterocycles. The van der Waals surface area contributed by atoms with Crippen LogP contribution in [0.1, 0.15) is 44.4 Å². The Kier molecular flexibility index (Phi) is 9.21. The van der Waals surface area contributed by atoms with E-state index < -0.39 is 47.9 Å². The molecule has 188 valence electrons. The highest BCUT2D eigenvalue weighted by molar-refractivity contribution is 5.94. The number of benzene rings is 2. The van der Waals surface area contributed by atoms with Crippen molar-refractivity contribution in [3.8, 4) is 5.75 Å². The Morgan fingerprint density at radius 1 is 1.03 bits per heavy atom. The summed E-state index contributed by atoms with van der Waals surface area (Å²) in [4.78, 5) is 51.6. The summed E-state index contributed by atoms with van der Waals surface area (Å²) < 4.78 is 5.19. The zero-order chi connectivity index (χ0) is 26.2. The average Bonchev–Trinajstić information content (AvgIpc) is 2.77. The molecule has 0 saturated carbocycles. The van der Waals surface area contributed by atoms with Gasteiger partial charge in [0.05, 0.1) is 6.42 Å². The Balaban J connectivity index is 2.32. The Labute approximate surface area is 204 Å². The number of alkyl carbamates (subject to hydrolysis) is 1. The van der Waals surface area contributed by atoms with Crippen LogP contribution in [0.2, 0.25) is 0 Å². The number of nitrogens with one attached hydrogen (secondary N) is 2. The first kappa shape index (κ1) is 27.2. The molecule has 2 unspecified atom stereocenters. The van der Waals surface area contributed by atoms with Crippen molar-refractivity contribution in [1.82, 2.24) is 15.5 Å². The molecule has 5 N–H and O–H groups in total. The van der Waals surface area contributed by atoms with E-state index in [1.165, 1.54) is 19.2 Å². The molecule has 0 aliphatic heterocycles. The quantitative estimate of drug-likeness (QED) is 0.427. The van der Waals surface area contributed by atoms with Crippen molar-refractivity contribution in [3.05, 3.63) is 65.7 Å². The third-order valence-corrected chi connectivity index (χ3v) is 4.92. The van der Waals surface area contributed by atoms with Crippen molar-refractivity contribution >= 4 is 23.8 Å². The van der Waals surface area contributed by atoms with Crippen LogP contribution in [0.3, 0.4) is 0 Å². The monoisotopic (exact) mass is 484 g/mol. The lowest BCUT2D eigenvalue weighted by molar-refractivity contribution is -0.141. The van der Waals surface area contributed by atoms with Gasteiger partial charge in [-0.25, -0.2) is 4.79 Å². The van der Waals surface area contributed by atoms with Crippen molar-refractivity contribution in [3.63, 3.8) is 0 Å². The largest absolute Gasteiger partial charge is 0.508 e. The van der Waals surface area contributed by atoms with Crippen LogP contribution >= 0.6 is 0 Å². The molecule has 2 aromatic carbocycles. The summed E-state index contributed by atoms with van der Waals surface area (Å²) in [6.45, 7) is 5.13. The van der Waals surface area contributed by atoms with Crippen molar-refractivity contribution in [2.45, 2.75) is 51.4 Å². The fourth-order valence-corrected chi connectivity index (χ4v) is 3.35. The molecule has 2 atom stereocenters. The number of ether oxygens (including phenoxy) is 1. The van der Waals surface area contributed by atoms with Gasteiger partial charge in [0.25, 0.3) is 0 Å². The van der Waals surface area contributed by atoms with Gasteiger partial charge in [-0.3, -0.25) is 14.4 Å². The standard InChI is InChI=1S/C25H32N4O6/c1-25(2,3)35-24(34)28-18(14-20(26)31)23(33)29(4)21(17-12-8-9-13-19(17)30)22(32)27-15-16-10-6-5-7-11-16/h5-13,18,21,30H,14-15H2,1-4H3,(H2,26,31)(H,27,32)(H,28,34). The number of rotatable bonds is 9. The minimum Gasteiger partial charge on any atom is -0.508 e. The molecule has 0 aliphatic rings. The van der Waals surface area contributed by atoms with E-state index in [0.29, 0.717) is 0 Å². The maximum Gasteiger partial charge on any atom is 0.408 e. The highest BCUT2D eigenvalue weighted by atomic mass is 16.6. The third-order valence-electron chi connectivity index (χ3n) is 4.92. The predicted octanol–water partition coefficient (Wildman–Crippen LogP) is 1.98. The Hall–Kier alpha value is -4.08. The van der Waals surface area contributed by atoms with Gasteiger partial charge in [0.1, 0.15) is 23.4 Å². The summed E-state index contributed by atoms with van der Waals surface area (Å²) in [6.07, 6.45) is -1.43. The van der Waals surface area contributed by atoms with Crippen LogP contribution in [0.15, 0.2) is 54.6 Å². The van der Waals surface area contributed by atoms with Crippen LogP contribution in [-0.2, 0) is 25.7 Å². The number of amides is 4. The number of para-hydroxylation sites is 1. The highest BCUT2D eigenvalue weighted by Gasteiger charge is 2.35. The van der Waals surface area contributed by atoms with Crippen LogP contribution in [0.25, 0.3) is 0 Å². The highest BCUT2D eigenvalue weighted by Crippen LogP contribution is 2.29. The van der Waals surface area contributed by atoms with Gasteiger partial charge in [0, 0.05) is 19.2 Å². The zero-order valence-corrected chi connectivity index (χ0v) is 20.3. The summed E-state index contributed by atoms with van der Waals surface area (Å²) in [7, 11) is 1.34. The van der Waals surface area contributed by atoms with E-state index in [1.54, 1.807) is 32.9 Å². The second-order valence-corrected chi connectivity index (χ2v) is 8.98. The van der Waals surface area contributed by atoms with Gasteiger partial charge in [-0.15, -0.1) is 0 Å². The Morgan fingerprint density at radius 3 is 2.20 bits per heavy atom. The maximum absolute atomic E-state index is 13.4. The van der Waals surface area contributed by atoms with Gasteiger partial charge in [0.15, 0.2) is 0 Å². The predicted molar refractivity (Wildman–Crippen MR) is 129 cm³/mol. The molecular formula is C25H32N4O6. The topological polar surface area (TPSA) is 151 Å². The molecule has 0 aliphatic carbocycles. The number of aromatic hydroxyl groups is 1. The summed E-state index contributed by atoms with van der Waals surface area (Å²) >= 11 is 0. The molecule has 0 fully saturated rings. The molecular weight excluding hydrogens is 452 g/mol. The number of phenolic OH excluding ortho intramolecular Hbond substituents is 1. The second kappa shape index (κ2) is 11.9. The molecule has 35 heavy (non-hydrogen) atoms. The number of nitrogens with two attached hydrogens (primary N) is 1. The van der Waals surface area contributed by atoms with Gasteiger partial charge in [0.2, 0.25) is 17.7 Å². The number of carbonyl (C=O) groups is 4. The molecule has 2 rings (SSSR count). The number of likely N-dealkylation sites (N-methyl/N-ethyl adjacent to an activating group) is 1. The summed E-state index contributed by atoms with van der Waals surface area (Å²) in [5.41, 5.74) is 5.46. The zero-order valence-electron chi connectivity index (χ0n) is 20.3. The first-order chi connectivity index (χ1) is 16.4. The van der Waals surface area contributed by atoms with Crippen molar-refractivity contribution in [1.29, 1.82) is 0 Å².